The number of hydrogen-bond acceptors (Lipinski definition) is 1. The molecule has 1 heteroatoms. The molecule has 1 heterocycles. The zero-order valence-corrected chi connectivity index (χ0v) is 6.35. The topological polar surface area (TPSA) is 9.23 Å². The molecule has 0 amide bonds. The van der Waals surface area contributed by atoms with Gasteiger partial charge in [-0.05, 0) is 12.8 Å². The summed E-state index contributed by atoms with van der Waals surface area (Å²) in [7, 11) is 0. The van der Waals surface area contributed by atoms with Crippen molar-refractivity contribution in [1.29, 1.82) is 0 Å². The van der Waals surface area contributed by atoms with Crippen LogP contribution in [0.15, 0.2) is 12.2 Å². The zero-order valence-electron chi connectivity index (χ0n) is 6.35. The van der Waals surface area contributed by atoms with Gasteiger partial charge in [-0.25, -0.2) is 0 Å². The summed E-state index contributed by atoms with van der Waals surface area (Å²) in [6.07, 6.45) is 4.23. The van der Waals surface area contributed by atoms with Crippen LogP contribution < -0.4 is 0 Å². The molecular formula is C8H14O. The first kappa shape index (κ1) is 6.81. The maximum atomic E-state index is 5.49. The van der Waals surface area contributed by atoms with Gasteiger partial charge in [0.25, 0.3) is 0 Å². The number of rotatable bonds is 1. The molecule has 0 aromatic carbocycles. The Morgan fingerprint density at radius 3 is 2.44 bits per heavy atom. The molecule has 1 nitrogen and oxygen atoms in total. The number of hydrogen-bond donors (Lipinski definition) is 0. The molecule has 0 saturated heterocycles. The molecule has 1 atom stereocenters. The minimum absolute atomic E-state index is 0.0139. The highest BCUT2D eigenvalue weighted by Gasteiger charge is 2.28. The van der Waals surface area contributed by atoms with Crippen LogP contribution in [0.1, 0.15) is 20.8 Å². The predicted molar refractivity (Wildman–Crippen MR) is 38.3 cm³/mol. The quantitative estimate of drug-likeness (QED) is 0.488. The van der Waals surface area contributed by atoms with Gasteiger partial charge in [0.05, 0.1) is 12.2 Å². The van der Waals surface area contributed by atoms with Gasteiger partial charge in [-0.2, -0.15) is 0 Å². The third-order valence-corrected chi connectivity index (χ3v) is 2.09. The molecule has 0 fully saturated rings. The summed E-state index contributed by atoms with van der Waals surface area (Å²) >= 11 is 0. The molecular weight excluding hydrogens is 112 g/mol. The molecule has 1 unspecified atom stereocenters. The SMILES string of the molecule is CC(C)C1(C)C=CCO1. The smallest absolute Gasteiger partial charge is 0.0862 e. The summed E-state index contributed by atoms with van der Waals surface area (Å²) in [6, 6.07) is 0. The van der Waals surface area contributed by atoms with E-state index in [9.17, 15) is 0 Å². The summed E-state index contributed by atoms with van der Waals surface area (Å²) in [6.45, 7) is 7.27. The van der Waals surface area contributed by atoms with Crippen molar-refractivity contribution in [3.63, 3.8) is 0 Å². The lowest BCUT2D eigenvalue weighted by Gasteiger charge is -2.25. The molecule has 1 rings (SSSR count). The minimum atomic E-state index is 0.0139. The fraction of sp³-hybridized carbons (Fsp3) is 0.750. The lowest BCUT2D eigenvalue weighted by Crippen LogP contribution is -2.28. The molecule has 1 aliphatic rings. The van der Waals surface area contributed by atoms with Gasteiger partial charge in [0, 0.05) is 0 Å². The lowest BCUT2D eigenvalue weighted by atomic mass is 9.93. The van der Waals surface area contributed by atoms with Crippen molar-refractivity contribution < 1.29 is 4.74 Å². The molecule has 0 bridgehead atoms. The monoisotopic (exact) mass is 126 g/mol. The Morgan fingerprint density at radius 2 is 2.22 bits per heavy atom. The first-order chi connectivity index (χ1) is 4.15. The highest BCUT2D eigenvalue weighted by atomic mass is 16.5. The Labute approximate surface area is 56.7 Å². The van der Waals surface area contributed by atoms with Gasteiger partial charge in [-0.15, -0.1) is 0 Å². The Balaban J connectivity index is 2.62. The number of ether oxygens (including phenoxy) is 1. The largest absolute Gasteiger partial charge is 0.367 e. The Bertz CT molecular complexity index is 127. The predicted octanol–water partition coefficient (Wildman–Crippen LogP) is 1.99. The van der Waals surface area contributed by atoms with Crippen LogP contribution in [0.3, 0.4) is 0 Å². The van der Waals surface area contributed by atoms with Gasteiger partial charge in [-0.3, -0.25) is 0 Å². The van der Waals surface area contributed by atoms with Crippen LogP contribution in [0, 0.1) is 5.92 Å². The van der Waals surface area contributed by atoms with E-state index in [4.69, 9.17) is 4.74 Å². The minimum Gasteiger partial charge on any atom is -0.367 e. The molecule has 0 aromatic heterocycles. The van der Waals surface area contributed by atoms with E-state index >= 15 is 0 Å². The molecule has 0 N–H and O–H groups in total. The Kier molecular flexibility index (Phi) is 1.62. The zero-order chi connectivity index (χ0) is 6.91. The third kappa shape index (κ3) is 1.16. The molecule has 0 aliphatic carbocycles. The van der Waals surface area contributed by atoms with Crippen LogP contribution in [0.5, 0.6) is 0 Å². The van der Waals surface area contributed by atoms with Gasteiger partial charge in [0.15, 0.2) is 0 Å². The van der Waals surface area contributed by atoms with E-state index in [2.05, 4.69) is 32.9 Å². The third-order valence-electron chi connectivity index (χ3n) is 2.09. The second kappa shape index (κ2) is 2.14. The van der Waals surface area contributed by atoms with Crippen molar-refractivity contribution in [3.8, 4) is 0 Å². The Hall–Kier alpha value is -0.300. The van der Waals surface area contributed by atoms with E-state index in [-0.39, 0.29) is 5.60 Å². The van der Waals surface area contributed by atoms with E-state index < -0.39 is 0 Å². The van der Waals surface area contributed by atoms with E-state index in [0.717, 1.165) is 6.61 Å². The second-order valence-corrected chi connectivity index (χ2v) is 3.05. The highest BCUT2D eigenvalue weighted by molar-refractivity contribution is 5.06. The summed E-state index contributed by atoms with van der Waals surface area (Å²) in [5.74, 6) is 0.580. The fourth-order valence-corrected chi connectivity index (χ4v) is 0.917. The molecule has 0 radical (unpaired) electrons. The van der Waals surface area contributed by atoms with Crippen LogP contribution >= 0.6 is 0 Å². The van der Waals surface area contributed by atoms with Crippen molar-refractivity contribution in [1.82, 2.24) is 0 Å². The van der Waals surface area contributed by atoms with Gasteiger partial charge >= 0.3 is 0 Å². The fourth-order valence-electron chi connectivity index (χ4n) is 0.917. The molecule has 0 aromatic rings. The molecule has 1 aliphatic heterocycles. The van der Waals surface area contributed by atoms with Gasteiger partial charge in [0.2, 0.25) is 0 Å². The van der Waals surface area contributed by atoms with Crippen molar-refractivity contribution in [2.75, 3.05) is 6.61 Å². The standard InChI is InChI=1S/C8H14O/c1-7(2)8(3)5-4-6-9-8/h4-5,7H,6H2,1-3H3. The average Bonchev–Trinajstić information content (AvgIpc) is 2.16. The van der Waals surface area contributed by atoms with E-state index in [1.54, 1.807) is 0 Å². The van der Waals surface area contributed by atoms with E-state index in [1.807, 2.05) is 0 Å². The molecule has 52 valence electrons. The Morgan fingerprint density at radius 1 is 1.56 bits per heavy atom. The van der Waals surface area contributed by atoms with Crippen molar-refractivity contribution in [2.24, 2.45) is 5.92 Å². The van der Waals surface area contributed by atoms with Crippen LogP contribution in [0.25, 0.3) is 0 Å². The summed E-state index contributed by atoms with van der Waals surface area (Å²) in [4.78, 5) is 0. The summed E-state index contributed by atoms with van der Waals surface area (Å²) in [5, 5.41) is 0. The van der Waals surface area contributed by atoms with Crippen LogP contribution in [0.2, 0.25) is 0 Å². The van der Waals surface area contributed by atoms with Gasteiger partial charge in [0.1, 0.15) is 0 Å². The average molecular weight is 126 g/mol. The molecule has 9 heavy (non-hydrogen) atoms. The summed E-state index contributed by atoms with van der Waals surface area (Å²) in [5.41, 5.74) is 0.0139. The van der Waals surface area contributed by atoms with Gasteiger partial charge in [-0.1, -0.05) is 26.0 Å². The van der Waals surface area contributed by atoms with Crippen LogP contribution in [0.4, 0.5) is 0 Å². The maximum absolute atomic E-state index is 5.49. The van der Waals surface area contributed by atoms with Crippen LogP contribution in [-0.2, 0) is 4.74 Å². The van der Waals surface area contributed by atoms with E-state index in [0.29, 0.717) is 5.92 Å². The van der Waals surface area contributed by atoms with E-state index in [1.165, 1.54) is 0 Å². The second-order valence-electron chi connectivity index (χ2n) is 3.05. The first-order valence-corrected chi connectivity index (χ1v) is 3.47. The molecule has 0 spiro atoms. The molecule has 0 saturated carbocycles. The summed E-state index contributed by atoms with van der Waals surface area (Å²) < 4.78 is 5.49. The normalized spacial score (nSPS) is 34.2. The van der Waals surface area contributed by atoms with Gasteiger partial charge < -0.3 is 4.74 Å². The van der Waals surface area contributed by atoms with Crippen molar-refractivity contribution in [2.45, 2.75) is 26.4 Å². The van der Waals surface area contributed by atoms with Crippen LogP contribution in [-0.4, -0.2) is 12.2 Å². The lowest BCUT2D eigenvalue weighted by molar-refractivity contribution is 0.00512. The highest BCUT2D eigenvalue weighted by Crippen LogP contribution is 2.26. The maximum Gasteiger partial charge on any atom is 0.0862 e. The van der Waals surface area contributed by atoms with Crippen molar-refractivity contribution in [3.05, 3.63) is 12.2 Å². The first-order valence-electron chi connectivity index (χ1n) is 3.47. The van der Waals surface area contributed by atoms with Crippen molar-refractivity contribution >= 4 is 0 Å².